The quantitative estimate of drug-likeness (QED) is 0.233. The Morgan fingerprint density at radius 3 is 1.68 bits per heavy atom. The average molecular weight is 489 g/mol. The third-order valence-electron chi connectivity index (χ3n) is 5.50. The van der Waals surface area contributed by atoms with Crippen molar-refractivity contribution in [3.63, 3.8) is 0 Å². The zero-order valence-electron chi connectivity index (χ0n) is 20.8. The summed E-state index contributed by atoms with van der Waals surface area (Å²) in [5, 5.41) is 12.2. The van der Waals surface area contributed by atoms with Gasteiger partial charge in [0.2, 0.25) is 5.91 Å². The second-order valence-electron chi connectivity index (χ2n) is 8.02. The third kappa shape index (κ3) is 10.7. The van der Waals surface area contributed by atoms with E-state index in [1.54, 1.807) is 4.90 Å². The molecule has 1 amide bonds. The van der Waals surface area contributed by atoms with Crippen molar-refractivity contribution in [1.82, 2.24) is 31.1 Å². The standard InChI is InChI=1S/C8H14N2O3.C7H14N2O2.C6H12N2O2/c1-6(11)10-4-3-9-7(5-10)8(12)13-2;1-9-4-3-8-6(5-9)7(10)11-2;1-10-6(9)5-4-7-2-3-8-5/h7,9H,3-5H2,1-2H3;6,8H,3-5H2,1-2H3;5,7-8H,2-4H2,1H3. The largest absolute Gasteiger partial charge is 0.468 e. The summed E-state index contributed by atoms with van der Waals surface area (Å²) >= 11 is 0. The van der Waals surface area contributed by atoms with Crippen LogP contribution in [0.1, 0.15) is 6.92 Å². The molecule has 4 N–H and O–H groups in total. The molecule has 0 bridgehead atoms. The first kappa shape index (κ1) is 29.7. The first-order chi connectivity index (χ1) is 16.2. The Morgan fingerprint density at radius 2 is 1.21 bits per heavy atom. The Kier molecular flexibility index (Phi) is 14.3. The lowest BCUT2D eigenvalue weighted by Gasteiger charge is -2.31. The van der Waals surface area contributed by atoms with E-state index in [1.807, 2.05) is 7.05 Å². The number of nitrogens with one attached hydrogen (secondary N) is 4. The van der Waals surface area contributed by atoms with Crippen molar-refractivity contribution in [2.24, 2.45) is 0 Å². The van der Waals surface area contributed by atoms with Crippen LogP contribution in [0.15, 0.2) is 0 Å². The van der Waals surface area contributed by atoms with Crippen LogP contribution in [0.5, 0.6) is 0 Å². The van der Waals surface area contributed by atoms with E-state index in [9.17, 15) is 19.2 Å². The van der Waals surface area contributed by atoms with Crippen molar-refractivity contribution in [2.75, 3.05) is 87.3 Å². The number of carbonyl (C=O) groups is 4. The molecule has 3 saturated heterocycles. The molecule has 3 rings (SSSR count). The maximum Gasteiger partial charge on any atom is 0.324 e. The Balaban J connectivity index is 0.000000257. The third-order valence-corrected chi connectivity index (χ3v) is 5.50. The summed E-state index contributed by atoms with van der Waals surface area (Å²) in [4.78, 5) is 47.7. The number of piperazine rings is 3. The second-order valence-corrected chi connectivity index (χ2v) is 8.02. The van der Waals surface area contributed by atoms with Crippen molar-refractivity contribution >= 4 is 23.8 Å². The van der Waals surface area contributed by atoms with Gasteiger partial charge in [-0.2, -0.15) is 0 Å². The molecule has 0 aromatic heterocycles. The van der Waals surface area contributed by atoms with Gasteiger partial charge in [-0.05, 0) is 7.05 Å². The number of amides is 1. The lowest BCUT2D eigenvalue weighted by atomic mass is 10.2. The molecule has 0 spiro atoms. The summed E-state index contributed by atoms with van der Waals surface area (Å²) in [6.07, 6.45) is 0. The van der Waals surface area contributed by atoms with Crippen LogP contribution in [0.2, 0.25) is 0 Å². The van der Waals surface area contributed by atoms with Crippen molar-refractivity contribution in [3.05, 3.63) is 0 Å². The van der Waals surface area contributed by atoms with Gasteiger partial charge in [0, 0.05) is 65.8 Å². The molecule has 3 atom stereocenters. The molecule has 0 saturated carbocycles. The number of ether oxygens (including phenoxy) is 3. The van der Waals surface area contributed by atoms with Crippen LogP contribution in [0.25, 0.3) is 0 Å². The fourth-order valence-corrected chi connectivity index (χ4v) is 3.50. The van der Waals surface area contributed by atoms with Crippen molar-refractivity contribution < 1.29 is 33.4 Å². The van der Waals surface area contributed by atoms with Crippen LogP contribution in [0.3, 0.4) is 0 Å². The molecular weight excluding hydrogens is 448 g/mol. The maximum atomic E-state index is 11.1. The van der Waals surface area contributed by atoms with Crippen LogP contribution < -0.4 is 21.3 Å². The monoisotopic (exact) mass is 488 g/mol. The molecule has 3 fully saturated rings. The minimum Gasteiger partial charge on any atom is -0.468 e. The highest BCUT2D eigenvalue weighted by Gasteiger charge is 2.27. The fraction of sp³-hybridized carbons (Fsp3) is 0.810. The van der Waals surface area contributed by atoms with Gasteiger partial charge >= 0.3 is 17.9 Å². The van der Waals surface area contributed by atoms with Crippen molar-refractivity contribution in [2.45, 2.75) is 25.0 Å². The highest BCUT2D eigenvalue weighted by atomic mass is 16.5. The molecule has 0 radical (unpaired) electrons. The average Bonchev–Trinajstić information content (AvgIpc) is 2.88. The minimum atomic E-state index is -0.373. The van der Waals surface area contributed by atoms with E-state index >= 15 is 0 Å². The first-order valence-corrected chi connectivity index (χ1v) is 11.3. The molecule has 0 aliphatic carbocycles. The zero-order valence-corrected chi connectivity index (χ0v) is 20.8. The van der Waals surface area contributed by atoms with Crippen LogP contribution in [0.4, 0.5) is 0 Å². The summed E-state index contributed by atoms with van der Waals surface area (Å²) < 4.78 is 13.7. The van der Waals surface area contributed by atoms with Gasteiger partial charge in [0.25, 0.3) is 0 Å². The van der Waals surface area contributed by atoms with Crippen molar-refractivity contribution in [3.8, 4) is 0 Å². The second kappa shape index (κ2) is 16.3. The summed E-state index contributed by atoms with van der Waals surface area (Å²) in [5.41, 5.74) is 0. The van der Waals surface area contributed by atoms with Gasteiger partial charge in [-0.1, -0.05) is 0 Å². The minimum absolute atomic E-state index is 0.00426. The number of likely N-dealkylation sites (N-methyl/N-ethyl adjacent to an activating group) is 1. The Bertz CT molecular complexity index is 660. The molecule has 34 heavy (non-hydrogen) atoms. The predicted octanol–water partition coefficient (Wildman–Crippen LogP) is -3.24. The highest BCUT2D eigenvalue weighted by molar-refractivity contribution is 5.79. The molecule has 196 valence electrons. The van der Waals surface area contributed by atoms with E-state index < -0.39 is 0 Å². The SMILES string of the molecule is COC(=O)C1CN(C(C)=O)CCN1.COC(=O)C1CN(C)CCN1.COC(=O)C1CNCCN1. The van der Waals surface area contributed by atoms with Crippen LogP contribution in [-0.2, 0) is 33.4 Å². The predicted molar refractivity (Wildman–Crippen MR) is 124 cm³/mol. The molecule has 0 aromatic rings. The molecule has 3 unspecified atom stereocenters. The van der Waals surface area contributed by atoms with E-state index in [0.29, 0.717) is 26.2 Å². The van der Waals surface area contributed by atoms with Crippen LogP contribution in [-0.4, -0.2) is 139 Å². The lowest BCUT2D eigenvalue weighted by molar-refractivity contribution is -0.146. The fourth-order valence-electron chi connectivity index (χ4n) is 3.50. The summed E-state index contributed by atoms with van der Waals surface area (Å²) in [6, 6.07) is -0.667. The summed E-state index contributed by atoms with van der Waals surface area (Å²) in [7, 11) is 6.16. The molecule has 3 aliphatic rings. The van der Waals surface area contributed by atoms with E-state index in [4.69, 9.17) is 0 Å². The maximum absolute atomic E-state index is 11.1. The molecule has 13 heteroatoms. The van der Waals surface area contributed by atoms with E-state index in [0.717, 1.165) is 32.7 Å². The normalized spacial score (nSPS) is 24.9. The number of hydrogen-bond donors (Lipinski definition) is 4. The smallest absolute Gasteiger partial charge is 0.324 e. The topological polar surface area (TPSA) is 151 Å². The van der Waals surface area contributed by atoms with Gasteiger partial charge in [-0.3, -0.25) is 19.2 Å². The first-order valence-electron chi connectivity index (χ1n) is 11.3. The van der Waals surface area contributed by atoms with Gasteiger partial charge in [0.1, 0.15) is 18.1 Å². The van der Waals surface area contributed by atoms with Crippen LogP contribution >= 0.6 is 0 Å². The Labute approximate surface area is 201 Å². The summed E-state index contributed by atoms with van der Waals surface area (Å²) in [5.74, 6) is -0.676. The highest BCUT2D eigenvalue weighted by Crippen LogP contribution is 2.01. The number of nitrogens with zero attached hydrogens (tertiary/aromatic N) is 2. The van der Waals surface area contributed by atoms with E-state index in [1.165, 1.54) is 28.3 Å². The van der Waals surface area contributed by atoms with Gasteiger partial charge < -0.3 is 45.3 Å². The zero-order chi connectivity index (χ0) is 25.5. The van der Waals surface area contributed by atoms with E-state index in [-0.39, 0.29) is 41.9 Å². The molecular formula is C21H40N6O7. The summed E-state index contributed by atoms with van der Waals surface area (Å²) in [6.45, 7) is 8.22. The molecule has 13 nitrogen and oxygen atoms in total. The van der Waals surface area contributed by atoms with Crippen molar-refractivity contribution in [1.29, 1.82) is 0 Å². The van der Waals surface area contributed by atoms with Gasteiger partial charge in [-0.15, -0.1) is 0 Å². The molecule has 3 heterocycles. The Morgan fingerprint density at radius 1 is 0.706 bits per heavy atom. The lowest BCUT2D eigenvalue weighted by Crippen LogP contribution is -2.55. The van der Waals surface area contributed by atoms with E-state index in [2.05, 4.69) is 40.4 Å². The number of rotatable bonds is 3. The number of methoxy groups -OCH3 is 3. The number of carbonyl (C=O) groups excluding carboxylic acids is 4. The van der Waals surface area contributed by atoms with Gasteiger partial charge in [0.05, 0.1) is 21.3 Å². The number of esters is 3. The number of hydrogen-bond acceptors (Lipinski definition) is 12. The van der Waals surface area contributed by atoms with Gasteiger partial charge in [-0.25, -0.2) is 0 Å². The molecule has 3 aliphatic heterocycles. The van der Waals surface area contributed by atoms with Gasteiger partial charge in [0.15, 0.2) is 0 Å². The molecule has 0 aromatic carbocycles. The Hall–Kier alpha value is -2.32. The van der Waals surface area contributed by atoms with Crippen LogP contribution in [0, 0.1) is 0 Å².